The summed E-state index contributed by atoms with van der Waals surface area (Å²) in [5.41, 5.74) is 9.84. The molecule has 1 atom stereocenters. The van der Waals surface area contributed by atoms with Crippen molar-refractivity contribution in [3.63, 3.8) is 0 Å². The van der Waals surface area contributed by atoms with Crippen molar-refractivity contribution in [3.8, 4) is 11.3 Å². The number of aromatic nitrogens is 4. The molecule has 1 aromatic carbocycles. The van der Waals surface area contributed by atoms with Crippen LogP contribution in [0.5, 0.6) is 0 Å². The maximum atomic E-state index is 12.1. The van der Waals surface area contributed by atoms with Crippen LogP contribution in [0.2, 0.25) is 0 Å². The quantitative estimate of drug-likeness (QED) is 0.646. The Morgan fingerprint density at radius 1 is 1.34 bits per heavy atom. The van der Waals surface area contributed by atoms with Crippen molar-refractivity contribution in [1.29, 1.82) is 0 Å². The lowest BCUT2D eigenvalue weighted by Crippen LogP contribution is -2.40. The average Bonchev–Trinajstić information content (AvgIpc) is 3.15. The lowest BCUT2D eigenvalue weighted by Gasteiger charge is -2.32. The number of hydrogen-bond acceptors (Lipinski definition) is 6. The van der Waals surface area contributed by atoms with Crippen molar-refractivity contribution >= 4 is 22.8 Å². The monoisotopic (exact) mass is 391 g/mol. The molecule has 0 saturated carbocycles. The first-order valence-electron chi connectivity index (χ1n) is 9.76. The maximum Gasteiger partial charge on any atom is 0.246 e. The lowest BCUT2D eigenvalue weighted by atomic mass is 10.1. The van der Waals surface area contributed by atoms with Gasteiger partial charge >= 0.3 is 0 Å². The minimum Gasteiger partial charge on any atom is -0.383 e. The van der Waals surface area contributed by atoms with Gasteiger partial charge in [0, 0.05) is 25.2 Å². The second kappa shape index (κ2) is 8.00. The van der Waals surface area contributed by atoms with Crippen molar-refractivity contribution < 1.29 is 4.79 Å². The fourth-order valence-corrected chi connectivity index (χ4v) is 3.92. The third-order valence-corrected chi connectivity index (χ3v) is 5.36. The first kappa shape index (κ1) is 19.1. The van der Waals surface area contributed by atoms with Gasteiger partial charge in [0.1, 0.15) is 17.8 Å². The van der Waals surface area contributed by atoms with E-state index in [2.05, 4.69) is 34.0 Å². The summed E-state index contributed by atoms with van der Waals surface area (Å²) in [6.45, 7) is 5.71. The van der Waals surface area contributed by atoms with Crippen molar-refractivity contribution in [2.75, 3.05) is 25.9 Å². The molecule has 0 spiro atoms. The van der Waals surface area contributed by atoms with Crippen molar-refractivity contribution in [2.24, 2.45) is 0 Å². The molecule has 1 unspecified atom stereocenters. The topological polar surface area (TPSA) is 102 Å². The highest BCUT2D eigenvalue weighted by Crippen LogP contribution is 2.33. The number of nitrogens with one attached hydrogen (secondary N) is 1. The predicted octanol–water partition coefficient (Wildman–Crippen LogP) is 2.14. The van der Waals surface area contributed by atoms with Crippen molar-refractivity contribution in [1.82, 2.24) is 30.0 Å². The molecule has 3 N–H and O–H groups in total. The van der Waals surface area contributed by atoms with Crippen LogP contribution in [0.3, 0.4) is 0 Å². The summed E-state index contributed by atoms with van der Waals surface area (Å²) in [5, 5.41) is 8.79. The SMILES string of the molecule is C=CC(=O)N1CCCC(n2nc(-c3ccc(CNC)cc3)c3c(N)ncnc32)C1. The number of hydrogen-bond donors (Lipinski definition) is 2. The summed E-state index contributed by atoms with van der Waals surface area (Å²) < 4.78 is 1.91. The standard InChI is InChI=1S/C21H25N7O/c1-3-17(29)27-10-4-5-16(12-27)28-21-18(20(22)24-13-25-21)19(26-28)15-8-6-14(7-9-15)11-23-2/h3,6-9,13,16,23H,1,4-5,10-12H2,2H3,(H2,22,24,25). The van der Waals surface area contributed by atoms with Crippen LogP contribution in [0, 0.1) is 0 Å². The highest BCUT2D eigenvalue weighted by molar-refractivity contribution is 5.98. The van der Waals surface area contributed by atoms with Crippen molar-refractivity contribution in [2.45, 2.75) is 25.4 Å². The molecule has 29 heavy (non-hydrogen) atoms. The number of anilines is 1. The van der Waals surface area contributed by atoms with Crippen LogP contribution in [0.4, 0.5) is 5.82 Å². The first-order valence-corrected chi connectivity index (χ1v) is 9.76. The normalized spacial score (nSPS) is 16.9. The Kier molecular flexibility index (Phi) is 5.26. The number of likely N-dealkylation sites (tertiary alicyclic amines) is 1. The summed E-state index contributed by atoms with van der Waals surface area (Å²) >= 11 is 0. The number of nitrogen functional groups attached to an aromatic ring is 1. The zero-order valence-electron chi connectivity index (χ0n) is 16.5. The van der Waals surface area contributed by atoms with Crippen LogP contribution in [0.15, 0.2) is 43.2 Å². The fourth-order valence-electron chi connectivity index (χ4n) is 3.92. The Morgan fingerprint density at radius 3 is 2.86 bits per heavy atom. The van der Waals surface area contributed by atoms with E-state index >= 15 is 0 Å². The van der Waals surface area contributed by atoms with Gasteiger partial charge in [-0.2, -0.15) is 5.10 Å². The van der Waals surface area contributed by atoms with Crippen LogP contribution in [0.1, 0.15) is 24.4 Å². The summed E-state index contributed by atoms with van der Waals surface area (Å²) in [6.07, 6.45) is 4.65. The summed E-state index contributed by atoms with van der Waals surface area (Å²) in [4.78, 5) is 22.6. The molecule has 1 saturated heterocycles. The average molecular weight is 391 g/mol. The van der Waals surface area contributed by atoms with Crippen LogP contribution in [0.25, 0.3) is 22.3 Å². The van der Waals surface area contributed by atoms with E-state index in [4.69, 9.17) is 10.8 Å². The third kappa shape index (κ3) is 3.58. The molecule has 1 fully saturated rings. The van der Waals surface area contributed by atoms with E-state index in [-0.39, 0.29) is 11.9 Å². The summed E-state index contributed by atoms with van der Waals surface area (Å²) in [6, 6.07) is 8.25. The van der Waals surface area contributed by atoms with Crippen molar-refractivity contribution in [3.05, 3.63) is 48.8 Å². The second-order valence-electron chi connectivity index (χ2n) is 7.26. The molecule has 8 heteroatoms. The summed E-state index contributed by atoms with van der Waals surface area (Å²) in [5.74, 6) is 0.353. The van der Waals surface area contributed by atoms with E-state index < -0.39 is 0 Å². The van der Waals surface area contributed by atoms with Crippen LogP contribution in [-0.2, 0) is 11.3 Å². The van der Waals surface area contributed by atoms with Gasteiger partial charge in [-0.3, -0.25) is 4.79 Å². The van der Waals surface area contributed by atoms with E-state index in [1.165, 1.54) is 18.0 Å². The Hall–Kier alpha value is -3.26. The minimum absolute atomic E-state index is 0.0294. The molecule has 2 aromatic heterocycles. The second-order valence-corrected chi connectivity index (χ2v) is 7.26. The van der Waals surface area contributed by atoms with Gasteiger partial charge in [-0.05, 0) is 31.5 Å². The van der Waals surface area contributed by atoms with E-state index in [0.29, 0.717) is 18.0 Å². The predicted molar refractivity (Wildman–Crippen MR) is 113 cm³/mol. The van der Waals surface area contributed by atoms with E-state index in [9.17, 15) is 4.79 Å². The van der Waals surface area contributed by atoms with E-state index in [1.54, 1.807) is 0 Å². The molecular formula is C21H25N7O. The molecule has 0 aliphatic carbocycles. The molecule has 150 valence electrons. The third-order valence-electron chi connectivity index (χ3n) is 5.36. The van der Waals surface area contributed by atoms with Gasteiger partial charge in [-0.1, -0.05) is 30.8 Å². The zero-order valence-corrected chi connectivity index (χ0v) is 16.5. The number of benzene rings is 1. The Morgan fingerprint density at radius 2 is 2.14 bits per heavy atom. The summed E-state index contributed by atoms with van der Waals surface area (Å²) in [7, 11) is 1.92. The number of piperidine rings is 1. The molecule has 0 bridgehead atoms. The van der Waals surface area contributed by atoms with Crippen LogP contribution in [-0.4, -0.2) is 50.7 Å². The molecule has 3 heterocycles. The molecule has 0 radical (unpaired) electrons. The number of fused-ring (bicyclic) bond motifs is 1. The van der Waals surface area contributed by atoms with Gasteiger partial charge in [-0.15, -0.1) is 0 Å². The van der Waals surface area contributed by atoms with Gasteiger partial charge in [0.25, 0.3) is 0 Å². The number of nitrogens with two attached hydrogens (primary N) is 1. The highest BCUT2D eigenvalue weighted by Gasteiger charge is 2.27. The molecule has 3 aromatic rings. The smallest absolute Gasteiger partial charge is 0.246 e. The highest BCUT2D eigenvalue weighted by atomic mass is 16.2. The van der Waals surface area contributed by atoms with Crippen LogP contribution >= 0.6 is 0 Å². The molecule has 1 aliphatic rings. The van der Waals surface area contributed by atoms with Gasteiger partial charge in [0.05, 0.1) is 11.4 Å². The number of nitrogens with zero attached hydrogens (tertiary/aromatic N) is 5. The van der Waals surface area contributed by atoms with Gasteiger partial charge in [-0.25, -0.2) is 14.6 Å². The van der Waals surface area contributed by atoms with Gasteiger partial charge < -0.3 is 16.0 Å². The van der Waals surface area contributed by atoms with Gasteiger partial charge in [0.15, 0.2) is 5.65 Å². The van der Waals surface area contributed by atoms with E-state index in [0.717, 1.165) is 42.6 Å². The Labute approximate surface area is 169 Å². The number of rotatable bonds is 5. The van der Waals surface area contributed by atoms with E-state index in [1.807, 2.05) is 28.8 Å². The molecule has 1 aliphatic heterocycles. The Balaban J connectivity index is 1.77. The molecular weight excluding hydrogens is 366 g/mol. The zero-order chi connectivity index (χ0) is 20.4. The Bertz CT molecular complexity index is 1040. The molecule has 8 nitrogen and oxygen atoms in total. The first-order chi connectivity index (χ1) is 14.1. The molecule has 4 rings (SSSR count). The number of carbonyl (C=O) groups is 1. The lowest BCUT2D eigenvalue weighted by molar-refractivity contribution is -0.127. The maximum absolute atomic E-state index is 12.1. The molecule has 1 amide bonds. The number of carbonyl (C=O) groups excluding carboxylic acids is 1. The minimum atomic E-state index is -0.0550. The largest absolute Gasteiger partial charge is 0.383 e. The van der Waals surface area contributed by atoms with Crippen LogP contribution < -0.4 is 11.1 Å². The van der Waals surface area contributed by atoms with Gasteiger partial charge in [0.2, 0.25) is 5.91 Å². The fraction of sp³-hybridized carbons (Fsp3) is 0.333. The number of amides is 1.